The lowest BCUT2D eigenvalue weighted by Gasteiger charge is -2.15. The second-order valence-electron chi connectivity index (χ2n) is 4.73. The molecule has 0 aliphatic heterocycles. The summed E-state index contributed by atoms with van der Waals surface area (Å²) in [5.74, 6) is 2.36. The fourth-order valence-electron chi connectivity index (χ4n) is 1.97. The molecule has 0 fully saturated rings. The van der Waals surface area contributed by atoms with E-state index in [-0.39, 0.29) is 0 Å². The zero-order chi connectivity index (χ0) is 13.7. The molecule has 2 heteroatoms. The van der Waals surface area contributed by atoms with Crippen molar-refractivity contribution in [2.45, 2.75) is 31.5 Å². The van der Waals surface area contributed by atoms with Gasteiger partial charge in [0.15, 0.2) is 0 Å². The Morgan fingerprint density at radius 3 is 2.37 bits per heavy atom. The van der Waals surface area contributed by atoms with Crippen LogP contribution >= 0.6 is 15.9 Å². The fourth-order valence-corrected chi connectivity index (χ4v) is 2.35. The number of hydrogen-bond donors (Lipinski definition) is 0. The molecule has 2 aromatic carbocycles. The molecule has 0 bridgehead atoms. The second kappa shape index (κ2) is 6.76. The van der Waals surface area contributed by atoms with Gasteiger partial charge in [-0.25, -0.2) is 0 Å². The standard InChI is InChI=1S/C17H19BrO/c1-3-13(2)16-6-4-5-7-17(16)19-15-10-8-14(12-18)9-11-15/h4-11,13H,3,12H2,1-2H3. The molecule has 0 aromatic heterocycles. The third-order valence-electron chi connectivity index (χ3n) is 3.37. The predicted molar refractivity (Wildman–Crippen MR) is 84.3 cm³/mol. The van der Waals surface area contributed by atoms with Crippen molar-refractivity contribution < 1.29 is 4.74 Å². The van der Waals surface area contributed by atoms with Crippen LogP contribution in [0.25, 0.3) is 0 Å². The number of halogens is 1. The lowest BCUT2D eigenvalue weighted by Crippen LogP contribution is -1.96. The van der Waals surface area contributed by atoms with Crippen molar-refractivity contribution in [1.29, 1.82) is 0 Å². The maximum atomic E-state index is 6.02. The van der Waals surface area contributed by atoms with Crippen molar-refractivity contribution >= 4 is 15.9 Å². The van der Waals surface area contributed by atoms with E-state index in [4.69, 9.17) is 4.74 Å². The second-order valence-corrected chi connectivity index (χ2v) is 5.29. The number of ether oxygens (including phenoxy) is 1. The Bertz CT molecular complexity index is 519. The molecular weight excluding hydrogens is 300 g/mol. The van der Waals surface area contributed by atoms with Gasteiger partial charge >= 0.3 is 0 Å². The summed E-state index contributed by atoms with van der Waals surface area (Å²) in [5.41, 5.74) is 2.53. The maximum Gasteiger partial charge on any atom is 0.130 e. The molecule has 2 rings (SSSR count). The van der Waals surface area contributed by atoms with Gasteiger partial charge < -0.3 is 4.74 Å². The molecule has 1 atom stereocenters. The van der Waals surface area contributed by atoms with Gasteiger partial charge in [0.1, 0.15) is 11.5 Å². The highest BCUT2D eigenvalue weighted by Crippen LogP contribution is 2.32. The zero-order valence-electron chi connectivity index (χ0n) is 11.4. The summed E-state index contributed by atoms with van der Waals surface area (Å²) in [6.45, 7) is 4.43. The highest BCUT2D eigenvalue weighted by atomic mass is 79.9. The van der Waals surface area contributed by atoms with Gasteiger partial charge in [-0.15, -0.1) is 0 Å². The summed E-state index contributed by atoms with van der Waals surface area (Å²) >= 11 is 3.45. The Hall–Kier alpha value is -1.28. The van der Waals surface area contributed by atoms with Crippen LogP contribution < -0.4 is 4.74 Å². The summed E-state index contributed by atoms with van der Waals surface area (Å²) in [6.07, 6.45) is 1.11. The Balaban J connectivity index is 2.22. The van der Waals surface area contributed by atoms with Crippen molar-refractivity contribution in [2.24, 2.45) is 0 Å². The first-order valence-corrected chi connectivity index (χ1v) is 7.78. The molecule has 0 radical (unpaired) electrons. The number of alkyl halides is 1. The van der Waals surface area contributed by atoms with E-state index in [0.717, 1.165) is 23.2 Å². The van der Waals surface area contributed by atoms with E-state index >= 15 is 0 Å². The molecule has 0 spiro atoms. The van der Waals surface area contributed by atoms with Crippen molar-refractivity contribution in [3.8, 4) is 11.5 Å². The summed E-state index contributed by atoms with van der Waals surface area (Å²) in [7, 11) is 0. The number of benzene rings is 2. The highest BCUT2D eigenvalue weighted by Gasteiger charge is 2.10. The van der Waals surface area contributed by atoms with Crippen LogP contribution in [-0.4, -0.2) is 0 Å². The minimum absolute atomic E-state index is 0.512. The van der Waals surface area contributed by atoms with Gasteiger partial charge in [-0.3, -0.25) is 0 Å². The highest BCUT2D eigenvalue weighted by molar-refractivity contribution is 9.08. The van der Waals surface area contributed by atoms with E-state index < -0.39 is 0 Å². The predicted octanol–water partition coefficient (Wildman–Crippen LogP) is 5.89. The third-order valence-corrected chi connectivity index (χ3v) is 4.02. The first-order valence-electron chi connectivity index (χ1n) is 6.66. The van der Waals surface area contributed by atoms with Crippen LogP contribution in [0.3, 0.4) is 0 Å². The largest absolute Gasteiger partial charge is 0.457 e. The molecule has 0 saturated carbocycles. The molecule has 1 unspecified atom stereocenters. The van der Waals surface area contributed by atoms with Crippen LogP contribution in [0.2, 0.25) is 0 Å². The van der Waals surface area contributed by atoms with Gasteiger partial charge in [-0.2, -0.15) is 0 Å². The minimum atomic E-state index is 0.512. The molecule has 100 valence electrons. The van der Waals surface area contributed by atoms with E-state index in [9.17, 15) is 0 Å². The van der Waals surface area contributed by atoms with Crippen molar-refractivity contribution in [3.63, 3.8) is 0 Å². The molecule has 0 amide bonds. The Morgan fingerprint density at radius 2 is 1.74 bits per heavy atom. The molecule has 0 aliphatic rings. The summed E-state index contributed by atoms with van der Waals surface area (Å²) in [4.78, 5) is 0. The number of para-hydroxylation sites is 1. The van der Waals surface area contributed by atoms with Crippen molar-refractivity contribution in [1.82, 2.24) is 0 Å². The molecule has 0 saturated heterocycles. The fraction of sp³-hybridized carbons (Fsp3) is 0.294. The minimum Gasteiger partial charge on any atom is -0.457 e. The maximum absolute atomic E-state index is 6.02. The van der Waals surface area contributed by atoms with Gasteiger partial charge in [0, 0.05) is 5.33 Å². The Morgan fingerprint density at radius 1 is 1.05 bits per heavy atom. The van der Waals surface area contributed by atoms with Crippen molar-refractivity contribution in [3.05, 3.63) is 59.7 Å². The first-order chi connectivity index (χ1) is 9.24. The van der Waals surface area contributed by atoms with Gasteiger partial charge in [-0.05, 0) is 41.7 Å². The molecule has 0 heterocycles. The van der Waals surface area contributed by atoms with E-state index in [1.165, 1.54) is 11.1 Å². The van der Waals surface area contributed by atoms with Crippen LogP contribution in [0.5, 0.6) is 11.5 Å². The normalized spacial score (nSPS) is 12.2. The molecule has 19 heavy (non-hydrogen) atoms. The van der Waals surface area contributed by atoms with E-state index in [0.29, 0.717) is 5.92 Å². The Kier molecular flexibility index (Phi) is 5.03. The van der Waals surface area contributed by atoms with Crippen LogP contribution in [0.1, 0.15) is 37.3 Å². The monoisotopic (exact) mass is 318 g/mol. The number of rotatable bonds is 5. The topological polar surface area (TPSA) is 9.23 Å². The summed E-state index contributed by atoms with van der Waals surface area (Å²) in [5, 5.41) is 0.872. The van der Waals surface area contributed by atoms with E-state index in [2.05, 4.69) is 54.0 Å². The quantitative estimate of drug-likeness (QED) is 0.625. The van der Waals surface area contributed by atoms with E-state index in [1.807, 2.05) is 24.3 Å². The third kappa shape index (κ3) is 3.60. The van der Waals surface area contributed by atoms with Gasteiger partial charge in [0.05, 0.1) is 0 Å². The smallest absolute Gasteiger partial charge is 0.130 e. The molecule has 0 aliphatic carbocycles. The van der Waals surface area contributed by atoms with E-state index in [1.54, 1.807) is 0 Å². The van der Waals surface area contributed by atoms with Crippen LogP contribution in [0, 0.1) is 0 Å². The van der Waals surface area contributed by atoms with Crippen LogP contribution in [-0.2, 0) is 5.33 Å². The van der Waals surface area contributed by atoms with Crippen LogP contribution in [0.4, 0.5) is 0 Å². The van der Waals surface area contributed by atoms with Gasteiger partial charge in [0.2, 0.25) is 0 Å². The first kappa shape index (κ1) is 14.1. The van der Waals surface area contributed by atoms with Crippen LogP contribution in [0.15, 0.2) is 48.5 Å². The van der Waals surface area contributed by atoms with Crippen molar-refractivity contribution in [2.75, 3.05) is 0 Å². The molecule has 2 aromatic rings. The Labute approximate surface area is 123 Å². The van der Waals surface area contributed by atoms with Gasteiger partial charge in [0.25, 0.3) is 0 Å². The summed E-state index contributed by atoms with van der Waals surface area (Å²) in [6, 6.07) is 16.5. The SMILES string of the molecule is CCC(C)c1ccccc1Oc1ccc(CBr)cc1. The summed E-state index contributed by atoms with van der Waals surface area (Å²) < 4.78 is 6.02. The lowest BCUT2D eigenvalue weighted by atomic mass is 9.98. The zero-order valence-corrected chi connectivity index (χ0v) is 13.0. The molecule has 1 nitrogen and oxygen atoms in total. The van der Waals surface area contributed by atoms with Gasteiger partial charge in [-0.1, -0.05) is 60.1 Å². The lowest BCUT2D eigenvalue weighted by molar-refractivity contribution is 0.470. The molecule has 0 N–H and O–H groups in total. The molecular formula is C17H19BrO. The average molecular weight is 319 g/mol. The average Bonchev–Trinajstić information content (AvgIpc) is 2.48. The number of hydrogen-bond acceptors (Lipinski definition) is 1.